The Kier molecular flexibility index (Phi) is 11.0. The maximum absolute atomic E-state index is 2.64. The molecule has 16 aromatic rings. The van der Waals surface area contributed by atoms with Crippen molar-refractivity contribution < 1.29 is 0 Å². The van der Waals surface area contributed by atoms with Crippen LogP contribution in [0.5, 0.6) is 0 Å². The number of aromatic nitrogens is 3. The van der Waals surface area contributed by atoms with E-state index in [9.17, 15) is 0 Å². The van der Waals surface area contributed by atoms with Gasteiger partial charge in [0.1, 0.15) is 0 Å². The number of anilines is 9. The molecule has 2 aliphatic heterocycles. The molecule has 0 unspecified atom stereocenters. The summed E-state index contributed by atoms with van der Waals surface area (Å²) in [6.45, 7) is 6.56. The van der Waals surface area contributed by atoms with Crippen LogP contribution in [-0.4, -0.2) is 20.4 Å². The molecule has 18 rings (SSSR count). The fourth-order valence-electron chi connectivity index (χ4n) is 15.1. The lowest BCUT2D eigenvalue weighted by molar-refractivity contribution is 1.17. The fourth-order valence-corrected chi connectivity index (χ4v) is 15.1. The first kappa shape index (κ1) is 50.1. The third-order valence-corrected chi connectivity index (χ3v) is 18.6. The van der Waals surface area contributed by atoms with Crippen LogP contribution in [0.1, 0.15) is 16.7 Å². The Bertz CT molecular complexity index is 5350. The average molecular weight is 1130 g/mol. The number of benzene rings is 13. The molecule has 0 saturated heterocycles. The van der Waals surface area contributed by atoms with Gasteiger partial charge >= 0.3 is 0 Å². The van der Waals surface area contributed by atoms with Crippen LogP contribution in [0.3, 0.4) is 0 Å². The summed E-state index contributed by atoms with van der Waals surface area (Å²) in [5.41, 5.74) is 27.9. The van der Waals surface area contributed by atoms with Crippen molar-refractivity contribution >= 4 is 140 Å². The van der Waals surface area contributed by atoms with E-state index < -0.39 is 0 Å². The highest BCUT2D eigenvalue weighted by molar-refractivity contribution is 7.00. The molecule has 414 valence electrons. The van der Waals surface area contributed by atoms with Gasteiger partial charge in [0.15, 0.2) is 0 Å². The van der Waals surface area contributed by atoms with Gasteiger partial charge in [0.2, 0.25) is 0 Å². The molecular formula is C81H57BN6. The largest absolute Gasteiger partial charge is 0.311 e. The van der Waals surface area contributed by atoms with Gasteiger partial charge in [-0.05, 0) is 183 Å². The molecule has 0 amide bonds. The van der Waals surface area contributed by atoms with Gasteiger partial charge in [-0.1, -0.05) is 162 Å². The lowest BCUT2D eigenvalue weighted by Crippen LogP contribution is -2.61. The maximum Gasteiger partial charge on any atom is 0.252 e. The third-order valence-electron chi connectivity index (χ3n) is 18.6. The van der Waals surface area contributed by atoms with Gasteiger partial charge in [0.05, 0.1) is 38.8 Å². The molecule has 5 heterocycles. The average Bonchev–Trinajstić information content (AvgIpc) is 1.53. The zero-order valence-electron chi connectivity index (χ0n) is 49.0. The SMILES string of the molecule is Cc1ccc2c(c1)c1c(c3c4cc(C)ccc4n(-c4ccc5c(c4)B4c6ccccc6N(c6ccccc6)c6cc(N(c7ccccc7)c7ccccc7)cc(c64)N5c4ccccc4)c3c3c4cc(C)ccc4n(-c4ccccc4)c13)n2-c1ccccc1. The summed E-state index contributed by atoms with van der Waals surface area (Å²) in [5.74, 6) is 0. The summed E-state index contributed by atoms with van der Waals surface area (Å²) in [7, 11) is 0. The van der Waals surface area contributed by atoms with Crippen LogP contribution in [-0.2, 0) is 0 Å². The van der Waals surface area contributed by atoms with Crippen LogP contribution in [0.25, 0.3) is 82.5 Å². The van der Waals surface area contributed by atoms with Crippen molar-refractivity contribution in [2.24, 2.45) is 0 Å². The molecule has 13 aromatic carbocycles. The minimum atomic E-state index is -0.152. The highest BCUT2D eigenvalue weighted by Gasteiger charge is 2.44. The summed E-state index contributed by atoms with van der Waals surface area (Å²) < 4.78 is 7.75. The van der Waals surface area contributed by atoms with Crippen molar-refractivity contribution in [3.63, 3.8) is 0 Å². The summed E-state index contributed by atoms with van der Waals surface area (Å²) in [5, 5.41) is 7.40. The molecule has 0 atom stereocenters. The van der Waals surface area contributed by atoms with Gasteiger partial charge in [-0.2, -0.15) is 0 Å². The lowest BCUT2D eigenvalue weighted by atomic mass is 9.33. The predicted molar refractivity (Wildman–Crippen MR) is 372 cm³/mol. The maximum atomic E-state index is 2.64. The minimum Gasteiger partial charge on any atom is -0.311 e. The van der Waals surface area contributed by atoms with Gasteiger partial charge in [0, 0.05) is 94.9 Å². The van der Waals surface area contributed by atoms with E-state index in [0.717, 1.165) is 73.8 Å². The van der Waals surface area contributed by atoms with E-state index in [1.807, 2.05) is 0 Å². The van der Waals surface area contributed by atoms with E-state index in [1.54, 1.807) is 0 Å². The van der Waals surface area contributed by atoms with Crippen LogP contribution < -0.4 is 31.1 Å². The van der Waals surface area contributed by atoms with E-state index in [2.05, 4.69) is 340 Å². The van der Waals surface area contributed by atoms with Crippen LogP contribution in [0.2, 0.25) is 0 Å². The number of hydrogen-bond donors (Lipinski definition) is 0. The third kappa shape index (κ3) is 7.31. The first-order valence-corrected chi connectivity index (χ1v) is 30.5. The van der Waals surface area contributed by atoms with E-state index in [0.29, 0.717) is 0 Å². The molecule has 6 nitrogen and oxygen atoms in total. The second-order valence-electron chi connectivity index (χ2n) is 23.9. The molecule has 0 fully saturated rings. The van der Waals surface area contributed by atoms with E-state index in [-0.39, 0.29) is 6.71 Å². The van der Waals surface area contributed by atoms with Crippen molar-refractivity contribution in [3.05, 3.63) is 308 Å². The number of para-hydroxylation sites is 7. The molecule has 0 radical (unpaired) electrons. The molecule has 88 heavy (non-hydrogen) atoms. The quantitative estimate of drug-likeness (QED) is 0.142. The van der Waals surface area contributed by atoms with Gasteiger partial charge < -0.3 is 28.4 Å². The Morgan fingerprint density at radius 1 is 0.273 bits per heavy atom. The summed E-state index contributed by atoms with van der Waals surface area (Å²) in [6.07, 6.45) is 0. The normalized spacial score (nSPS) is 12.6. The molecule has 0 saturated carbocycles. The number of nitrogens with zero attached hydrogens (tertiary/aromatic N) is 6. The number of hydrogen-bond acceptors (Lipinski definition) is 3. The Balaban J connectivity index is 1.00. The van der Waals surface area contributed by atoms with Crippen molar-refractivity contribution in [1.82, 2.24) is 13.7 Å². The molecule has 0 spiro atoms. The first-order valence-electron chi connectivity index (χ1n) is 30.5. The lowest BCUT2D eigenvalue weighted by Gasteiger charge is -2.45. The van der Waals surface area contributed by atoms with Gasteiger partial charge in [-0.25, -0.2) is 0 Å². The standard InChI is InChI=1S/C81H57BN6/c1-52-38-42-68-63(46-52)75-79-76(64-47-53(2)39-43-69(64)87(79)60-34-20-9-21-35-60)81-77(80(75)86(68)59-32-18-8-19-33-59)65-48-54(3)40-44-70(65)88(81)61-41-45-72-67(49-61)82-66-36-22-23-37-71(66)84(57-28-14-6-15-29-57)73-50-62(51-74(78(73)82)85(72)58-30-16-7-17-31-58)83(55-24-10-4-11-25-55)56-26-12-5-13-27-56/h4-51H,1-3H3. The second-order valence-corrected chi connectivity index (χ2v) is 23.9. The Morgan fingerprint density at radius 3 is 1.07 bits per heavy atom. The molecular weight excluding hydrogens is 1070 g/mol. The Morgan fingerprint density at radius 2 is 0.636 bits per heavy atom. The van der Waals surface area contributed by atoms with E-state index >= 15 is 0 Å². The summed E-state index contributed by atoms with van der Waals surface area (Å²) in [4.78, 5) is 7.46. The zero-order valence-corrected chi connectivity index (χ0v) is 49.0. The fraction of sp³-hybridized carbons (Fsp3) is 0.0370. The molecule has 0 N–H and O–H groups in total. The van der Waals surface area contributed by atoms with E-state index in [1.165, 1.54) is 93.0 Å². The van der Waals surface area contributed by atoms with Crippen LogP contribution >= 0.6 is 0 Å². The molecule has 7 heteroatoms. The highest BCUT2D eigenvalue weighted by atomic mass is 15.2. The van der Waals surface area contributed by atoms with Crippen molar-refractivity contribution in [1.29, 1.82) is 0 Å². The first-order chi connectivity index (χ1) is 43.4. The number of rotatable bonds is 8. The van der Waals surface area contributed by atoms with Crippen molar-refractivity contribution in [2.75, 3.05) is 14.7 Å². The number of aryl methyl sites for hydroxylation is 3. The Hall–Kier alpha value is -11.3. The monoisotopic (exact) mass is 1120 g/mol. The van der Waals surface area contributed by atoms with Crippen molar-refractivity contribution in [3.8, 4) is 17.1 Å². The van der Waals surface area contributed by atoms with Gasteiger partial charge in [-0.3, -0.25) is 0 Å². The topological polar surface area (TPSA) is 24.5 Å². The van der Waals surface area contributed by atoms with Crippen LogP contribution in [0.4, 0.5) is 51.2 Å². The summed E-state index contributed by atoms with van der Waals surface area (Å²) in [6, 6.07) is 108. The van der Waals surface area contributed by atoms with Crippen molar-refractivity contribution in [2.45, 2.75) is 20.8 Å². The Labute approximate surface area is 510 Å². The smallest absolute Gasteiger partial charge is 0.252 e. The van der Waals surface area contributed by atoms with Gasteiger partial charge in [0.25, 0.3) is 6.71 Å². The highest BCUT2D eigenvalue weighted by Crippen LogP contribution is 2.53. The number of fused-ring (bicyclic) bond motifs is 16. The minimum absolute atomic E-state index is 0.152. The van der Waals surface area contributed by atoms with Crippen LogP contribution in [0.15, 0.2) is 291 Å². The molecule has 2 aliphatic rings. The second kappa shape index (κ2) is 19.4. The van der Waals surface area contributed by atoms with Gasteiger partial charge in [-0.15, -0.1) is 0 Å². The molecule has 0 aliphatic carbocycles. The van der Waals surface area contributed by atoms with Crippen LogP contribution in [0, 0.1) is 20.8 Å². The zero-order chi connectivity index (χ0) is 58.3. The molecule has 3 aromatic heterocycles. The predicted octanol–water partition coefficient (Wildman–Crippen LogP) is 19.5. The molecule has 0 bridgehead atoms. The summed E-state index contributed by atoms with van der Waals surface area (Å²) >= 11 is 0. The van der Waals surface area contributed by atoms with E-state index in [4.69, 9.17) is 0 Å².